The van der Waals surface area contributed by atoms with E-state index >= 15 is 0 Å². The summed E-state index contributed by atoms with van der Waals surface area (Å²) in [7, 11) is 0. The van der Waals surface area contributed by atoms with Gasteiger partial charge in [0, 0.05) is 16.6 Å². The van der Waals surface area contributed by atoms with Crippen LogP contribution in [0.3, 0.4) is 0 Å². The van der Waals surface area contributed by atoms with Gasteiger partial charge in [0.15, 0.2) is 0 Å². The van der Waals surface area contributed by atoms with Gasteiger partial charge < -0.3 is 10.2 Å². The van der Waals surface area contributed by atoms with E-state index in [0.29, 0.717) is 39.2 Å². The molecular weight excluding hydrogens is 413 g/mol. The SMILES string of the molecule is Cc1c([C@H](CC(C)C)C(=O)O)c2cc(O)ccc2n1C(=O)c1ccc(Cl)c(Cl)c1. The Bertz CT molecular complexity index is 1120. The third kappa shape index (κ3) is 3.98. The number of aromatic hydroxyl groups is 1. The van der Waals surface area contributed by atoms with Crippen molar-refractivity contribution >= 4 is 46.0 Å². The quantitative estimate of drug-likeness (QED) is 0.527. The molecule has 0 amide bonds. The third-order valence-electron chi connectivity index (χ3n) is 4.96. The summed E-state index contributed by atoms with van der Waals surface area (Å²) in [4.78, 5) is 25.4. The molecule has 1 aromatic heterocycles. The van der Waals surface area contributed by atoms with E-state index in [0.717, 1.165) is 0 Å². The number of phenolic OH excluding ortho intramolecular Hbond substituents is 1. The first kappa shape index (κ1) is 21.2. The number of fused-ring (bicyclic) bond motifs is 1. The second-order valence-corrected chi connectivity index (χ2v) is 8.30. The Labute approximate surface area is 178 Å². The third-order valence-corrected chi connectivity index (χ3v) is 5.70. The van der Waals surface area contributed by atoms with Crippen molar-refractivity contribution in [3.63, 3.8) is 0 Å². The highest BCUT2D eigenvalue weighted by molar-refractivity contribution is 6.42. The first-order chi connectivity index (χ1) is 13.6. The van der Waals surface area contributed by atoms with Crippen molar-refractivity contribution in [3.05, 3.63) is 63.3 Å². The fourth-order valence-corrected chi connectivity index (χ4v) is 4.00. The monoisotopic (exact) mass is 433 g/mol. The van der Waals surface area contributed by atoms with E-state index in [1.807, 2.05) is 13.8 Å². The van der Waals surface area contributed by atoms with Gasteiger partial charge in [-0.2, -0.15) is 0 Å². The van der Waals surface area contributed by atoms with Gasteiger partial charge in [-0.05, 0) is 61.2 Å². The molecule has 0 aliphatic heterocycles. The van der Waals surface area contributed by atoms with Gasteiger partial charge in [0.2, 0.25) is 0 Å². The maximum Gasteiger partial charge on any atom is 0.311 e. The highest BCUT2D eigenvalue weighted by Crippen LogP contribution is 2.37. The van der Waals surface area contributed by atoms with Crippen LogP contribution in [-0.4, -0.2) is 26.7 Å². The molecule has 0 spiro atoms. The lowest BCUT2D eigenvalue weighted by atomic mass is 9.88. The van der Waals surface area contributed by atoms with Crippen molar-refractivity contribution in [3.8, 4) is 5.75 Å². The van der Waals surface area contributed by atoms with E-state index in [-0.39, 0.29) is 22.6 Å². The van der Waals surface area contributed by atoms with Gasteiger partial charge in [-0.15, -0.1) is 0 Å². The van der Waals surface area contributed by atoms with Gasteiger partial charge in [0.25, 0.3) is 5.91 Å². The maximum atomic E-state index is 13.3. The second kappa shape index (κ2) is 8.09. The highest BCUT2D eigenvalue weighted by Gasteiger charge is 2.30. The van der Waals surface area contributed by atoms with Crippen molar-refractivity contribution in [2.75, 3.05) is 0 Å². The summed E-state index contributed by atoms with van der Waals surface area (Å²) in [6.45, 7) is 5.61. The first-order valence-electron chi connectivity index (χ1n) is 9.18. The van der Waals surface area contributed by atoms with Crippen molar-refractivity contribution in [2.24, 2.45) is 5.92 Å². The fourth-order valence-electron chi connectivity index (χ4n) is 3.70. The van der Waals surface area contributed by atoms with Crippen LogP contribution in [0.5, 0.6) is 5.75 Å². The topological polar surface area (TPSA) is 79.5 Å². The molecule has 29 heavy (non-hydrogen) atoms. The number of nitrogens with zero attached hydrogens (tertiary/aromatic N) is 1. The van der Waals surface area contributed by atoms with E-state index in [4.69, 9.17) is 23.2 Å². The summed E-state index contributed by atoms with van der Waals surface area (Å²) in [5.41, 5.74) is 1.91. The Kier molecular flexibility index (Phi) is 5.92. The number of rotatable bonds is 5. The lowest BCUT2D eigenvalue weighted by Gasteiger charge is -2.16. The molecular formula is C22H21Cl2NO4. The largest absolute Gasteiger partial charge is 0.508 e. The molecule has 0 aliphatic rings. The minimum Gasteiger partial charge on any atom is -0.508 e. The Morgan fingerprint density at radius 1 is 1.07 bits per heavy atom. The molecule has 0 aliphatic carbocycles. The number of halogens is 2. The van der Waals surface area contributed by atoms with Crippen LogP contribution < -0.4 is 0 Å². The number of hydrogen-bond donors (Lipinski definition) is 2. The van der Waals surface area contributed by atoms with Crippen molar-refractivity contribution < 1.29 is 19.8 Å². The molecule has 2 N–H and O–H groups in total. The Balaban J connectivity index is 2.28. The normalized spacial score (nSPS) is 12.5. The molecule has 5 nitrogen and oxygen atoms in total. The molecule has 152 valence electrons. The number of carbonyl (C=O) groups excluding carboxylic acids is 1. The number of aromatic nitrogens is 1. The zero-order chi connectivity index (χ0) is 21.5. The van der Waals surface area contributed by atoms with Crippen LogP contribution in [0.25, 0.3) is 10.9 Å². The summed E-state index contributed by atoms with van der Waals surface area (Å²) < 4.78 is 1.47. The van der Waals surface area contributed by atoms with Gasteiger partial charge in [0.05, 0.1) is 21.5 Å². The molecule has 0 saturated carbocycles. The van der Waals surface area contributed by atoms with Gasteiger partial charge >= 0.3 is 5.97 Å². The molecule has 7 heteroatoms. The van der Waals surface area contributed by atoms with Crippen LogP contribution in [0, 0.1) is 12.8 Å². The lowest BCUT2D eigenvalue weighted by Crippen LogP contribution is -2.17. The standard InChI is InChI=1S/C22H21Cl2NO4/c1-11(2)8-16(22(28)29)20-12(3)25(19-7-5-14(26)10-15(19)20)21(27)13-4-6-17(23)18(24)9-13/h4-7,9-11,16,26H,8H2,1-3H3,(H,28,29)/t16-/m0/s1. The predicted molar refractivity (Wildman–Crippen MR) is 114 cm³/mol. The van der Waals surface area contributed by atoms with Crippen LogP contribution in [-0.2, 0) is 4.79 Å². The lowest BCUT2D eigenvalue weighted by molar-refractivity contribution is -0.139. The average Bonchev–Trinajstić information content (AvgIpc) is 2.92. The number of aliphatic carboxylic acids is 1. The molecule has 3 rings (SSSR count). The van der Waals surface area contributed by atoms with Crippen molar-refractivity contribution in [1.29, 1.82) is 0 Å². The molecule has 1 atom stereocenters. The van der Waals surface area contributed by atoms with Crippen LogP contribution in [0.4, 0.5) is 0 Å². The molecule has 1 heterocycles. The zero-order valence-corrected chi connectivity index (χ0v) is 17.8. The van der Waals surface area contributed by atoms with Crippen LogP contribution >= 0.6 is 23.2 Å². The van der Waals surface area contributed by atoms with Crippen molar-refractivity contribution in [1.82, 2.24) is 4.57 Å². The highest BCUT2D eigenvalue weighted by atomic mass is 35.5. The molecule has 0 fully saturated rings. The first-order valence-corrected chi connectivity index (χ1v) is 9.93. The number of carbonyl (C=O) groups is 2. The summed E-state index contributed by atoms with van der Waals surface area (Å²) in [5, 5.41) is 21.0. The van der Waals surface area contributed by atoms with Gasteiger partial charge in [0.1, 0.15) is 5.75 Å². The van der Waals surface area contributed by atoms with Gasteiger partial charge in [-0.25, -0.2) is 0 Å². The van der Waals surface area contributed by atoms with Crippen LogP contribution in [0.15, 0.2) is 36.4 Å². The summed E-state index contributed by atoms with van der Waals surface area (Å²) >= 11 is 12.0. The Morgan fingerprint density at radius 3 is 2.34 bits per heavy atom. The Morgan fingerprint density at radius 2 is 1.76 bits per heavy atom. The van der Waals surface area contributed by atoms with E-state index in [1.54, 1.807) is 25.1 Å². The number of carboxylic acids is 1. The van der Waals surface area contributed by atoms with Crippen LogP contribution in [0.2, 0.25) is 10.0 Å². The summed E-state index contributed by atoms with van der Waals surface area (Å²) in [6, 6.07) is 9.20. The second-order valence-electron chi connectivity index (χ2n) is 7.49. The number of phenols is 1. The molecule has 0 saturated heterocycles. The molecule has 2 aromatic carbocycles. The average molecular weight is 434 g/mol. The summed E-state index contributed by atoms with van der Waals surface area (Å²) in [5.74, 6) is -1.98. The van der Waals surface area contributed by atoms with Crippen LogP contribution in [0.1, 0.15) is 47.8 Å². The predicted octanol–water partition coefficient (Wildman–Crippen LogP) is 5.86. The molecule has 0 bridgehead atoms. The molecule has 0 unspecified atom stereocenters. The van der Waals surface area contributed by atoms with Gasteiger partial charge in [-0.3, -0.25) is 14.2 Å². The van der Waals surface area contributed by atoms with Gasteiger partial charge in [-0.1, -0.05) is 37.0 Å². The number of hydrogen-bond acceptors (Lipinski definition) is 3. The minimum absolute atomic E-state index is 0.00609. The summed E-state index contributed by atoms with van der Waals surface area (Å²) in [6.07, 6.45) is 0.409. The van der Waals surface area contributed by atoms with Crippen molar-refractivity contribution in [2.45, 2.75) is 33.1 Å². The fraction of sp³-hybridized carbons (Fsp3) is 0.273. The Hall–Kier alpha value is -2.50. The number of benzene rings is 2. The van der Waals surface area contributed by atoms with E-state index in [2.05, 4.69) is 0 Å². The smallest absolute Gasteiger partial charge is 0.311 e. The van der Waals surface area contributed by atoms with E-state index < -0.39 is 11.9 Å². The molecule has 3 aromatic rings. The zero-order valence-electron chi connectivity index (χ0n) is 16.2. The molecule has 0 radical (unpaired) electrons. The minimum atomic E-state index is -0.967. The van der Waals surface area contributed by atoms with E-state index in [9.17, 15) is 19.8 Å². The number of carboxylic acid groups (broad SMARTS) is 1. The van der Waals surface area contributed by atoms with E-state index in [1.165, 1.54) is 22.8 Å². The maximum absolute atomic E-state index is 13.3.